The number of rotatable bonds is 6. The molecule has 5 heteroatoms. The Morgan fingerprint density at radius 1 is 1.33 bits per heavy atom. The molecule has 1 N–H and O–H groups in total. The molecule has 0 aliphatic carbocycles. The van der Waals surface area contributed by atoms with Gasteiger partial charge in [-0.3, -0.25) is 0 Å². The summed E-state index contributed by atoms with van der Waals surface area (Å²) in [5.41, 5.74) is 0.202. The van der Waals surface area contributed by atoms with Crippen molar-refractivity contribution in [2.24, 2.45) is 11.3 Å². The van der Waals surface area contributed by atoms with Crippen molar-refractivity contribution >= 4 is 10.0 Å². The molecule has 108 valence electrons. The lowest BCUT2D eigenvalue weighted by molar-refractivity contribution is 0.252. The third-order valence-electron chi connectivity index (χ3n) is 3.77. The van der Waals surface area contributed by atoms with Crippen LogP contribution < -0.4 is 5.32 Å². The van der Waals surface area contributed by atoms with Gasteiger partial charge in [0.25, 0.3) is 0 Å². The van der Waals surface area contributed by atoms with Crippen molar-refractivity contribution in [1.82, 2.24) is 9.62 Å². The molecule has 1 fully saturated rings. The molecule has 1 rings (SSSR count). The summed E-state index contributed by atoms with van der Waals surface area (Å²) < 4.78 is 26.0. The first-order valence-corrected chi connectivity index (χ1v) is 8.57. The largest absolute Gasteiger partial charge is 0.317 e. The molecule has 0 aromatic carbocycles. The van der Waals surface area contributed by atoms with Crippen LogP contribution >= 0.6 is 0 Å². The molecule has 1 saturated heterocycles. The number of sulfonamides is 1. The zero-order valence-electron chi connectivity index (χ0n) is 12.2. The van der Waals surface area contributed by atoms with Crippen LogP contribution in [0.4, 0.5) is 0 Å². The van der Waals surface area contributed by atoms with Gasteiger partial charge in [-0.2, -0.15) is 0 Å². The molecule has 1 aliphatic rings. The summed E-state index contributed by atoms with van der Waals surface area (Å²) in [4.78, 5) is 0. The smallest absolute Gasteiger partial charge is 0.214 e. The molecule has 1 atom stereocenters. The number of hydrogen-bond donors (Lipinski definition) is 1. The van der Waals surface area contributed by atoms with E-state index in [2.05, 4.69) is 26.1 Å². The van der Waals surface area contributed by atoms with Gasteiger partial charge in [-0.1, -0.05) is 27.7 Å². The van der Waals surface area contributed by atoms with Gasteiger partial charge in [0, 0.05) is 13.1 Å². The molecule has 0 spiro atoms. The van der Waals surface area contributed by atoms with Gasteiger partial charge in [0.2, 0.25) is 10.0 Å². The van der Waals surface area contributed by atoms with Crippen molar-refractivity contribution < 1.29 is 8.42 Å². The molecular weight excluding hydrogens is 248 g/mol. The van der Waals surface area contributed by atoms with E-state index in [9.17, 15) is 8.42 Å². The Balaban J connectivity index is 2.45. The third kappa shape index (κ3) is 4.52. The molecule has 0 aromatic heterocycles. The van der Waals surface area contributed by atoms with E-state index in [1.54, 1.807) is 4.31 Å². The van der Waals surface area contributed by atoms with Gasteiger partial charge in [0.15, 0.2) is 0 Å². The summed E-state index contributed by atoms with van der Waals surface area (Å²) in [6.07, 6.45) is 1.70. The molecule has 1 heterocycles. The summed E-state index contributed by atoms with van der Waals surface area (Å²) in [7, 11) is -3.04. The summed E-state index contributed by atoms with van der Waals surface area (Å²) in [5, 5.41) is 3.16. The lowest BCUT2D eigenvalue weighted by Gasteiger charge is -2.26. The SMILES string of the molecule is CCNCCCS(=O)(=O)N1CCC(C(C)(C)C)C1. The molecule has 18 heavy (non-hydrogen) atoms. The second-order valence-corrected chi connectivity index (χ2v) is 8.32. The quantitative estimate of drug-likeness (QED) is 0.751. The fourth-order valence-electron chi connectivity index (χ4n) is 2.37. The van der Waals surface area contributed by atoms with E-state index >= 15 is 0 Å². The molecule has 0 radical (unpaired) electrons. The molecule has 0 saturated carbocycles. The van der Waals surface area contributed by atoms with Crippen LogP contribution in [-0.2, 0) is 10.0 Å². The number of hydrogen-bond acceptors (Lipinski definition) is 3. The van der Waals surface area contributed by atoms with Crippen LogP contribution in [0.3, 0.4) is 0 Å². The highest BCUT2D eigenvalue weighted by molar-refractivity contribution is 7.89. The molecular formula is C13H28N2O2S. The van der Waals surface area contributed by atoms with Crippen LogP contribution in [0.25, 0.3) is 0 Å². The first-order valence-electron chi connectivity index (χ1n) is 6.96. The Kier molecular flexibility index (Phi) is 5.62. The molecule has 4 nitrogen and oxygen atoms in total. The van der Waals surface area contributed by atoms with Gasteiger partial charge < -0.3 is 5.32 Å². The van der Waals surface area contributed by atoms with E-state index in [0.717, 1.165) is 19.5 Å². The summed E-state index contributed by atoms with van der Waals surface area (Å²) in [5.74, 6) is 0.762. The van der Waals surface area contributed by atoms with E-state index in [-0.39, 0.29) is 11.2 Å². The van der Waals surface area contributed by atoms with Crippen LogP contribution in [0.5, 0.6) is 0 Å². The van der Waals surface area contributed by atoms with Gasteiger partial charge in [-0.25, -0.2) is 12.7 Å². The number of nitrogens with one attached hydrogen (secondary N) is 1. The Hall–Kier alpha value is -0.130. The minimum atomic E-state index is -3.04. The maximum atomic E-state index is 12.2. The van der Waals surface area contributed by atoms with Crippen molar-refractivity contribution in [3.05, 3.63) is 0 Å². The third-order valence-corrected chi connectivity index (χ3v) is 5.70. The maximum absolute atomic E-state index is 12.2. The topological polar surface area (TPSA) is 49.4 Å². The summed E-state index contributed by atoms with van der Waals surface area (Å²) in [6.45, 7) is 11.7. The summed E-state index contributed by atoms with van der Waals surface area (Å²) in [6, 6.07) is 0. The Labute approximate surface area is 112 Å². The van der Waals surface area contributed by atoms with Gasteiger partial charge in [0.1, 0.15) is 0 Å². The van der Waals surface area contributed by atoms with Crippen molar-refractivity contribution in [2.75, 3.05) is 31.9 Å². The van der Waals surface area contributed by atoms with Gasteiger partial charge in [-0.15, -0.1) is 0 Å². The van der Waals surface area contributed by atoms with Crippen LogP contribution in [0.1, 0.15) is 40.5 Å². The highest BCUT2D eigenvalue weighted by Crippen LogP contribution is 2.34. The normalized spacial score (nSPS) is 22.6. The van der Waals surface area contributed by atoms with Gasteiger partial charge in [0.05, 0.1) is 5.75 Å². The predicted octanol–water partition coefficient (Wildman–Crippen LogP) is 1.68. The standard InChI is InChI=1S/C13H28N2O2S/c1-5-14-8-6-10-18(16,17)15-9-7-12(11-15)13(2,3)4/h12,14H,5-11H2,1-4H3. The van der Waals surface area contributed by atoms with Crippen LogP contribution in [0, 0.1) is 11.3 Å². The van der Waals surface area contributed by atoms with E-state index in [0.29, 0.717) is 25.4 Å². The van der Waals surface area contributed by atoms with Crippen molar-refractivity contribution in [2.45, 2.75) is 40.5 Å². The van der Waals surface area contributed by atoms with Crippen LogP contribution in [-0.4, -0.2) is 44.7 Å². The summed E-state index contributed by atoms with van der Waals surface area (Å²) >= 11 is 0. The fourth-order valence-corrected chi connectivity index (χ4v) is 3.93. The van der Waals surface area contributed by atoms with Crippen molar-refractivity contribution in [3.63, 3.8) is 0 Å². The molecule has 1 aliphatic heterocycles. The fraction of sp³-hybridized carbons (Fsp3) is 1.00. The van der Waals surface area contributed by atoms with E-state index < -0.39 is 10.0 Å². The van der Waals surface area contributed by atoms with E-state index in [1.165, 1.54) is 0 Å². The van der Waals surface area contributed by atoms with Crippen molar-refractivity contribution in [3.8, 4) is 0 Å². The Morgan fingerprint density at radius 3 is 2.50 bits per heavy atom. The lowest BCUT2D eigenvalue weighted by Crippen LogP contribution is -2.33. The average Bonchev–Trinajstić information content (AvgIpc) is 2.73. The average molecular weight is 276 g/mol. The molecule has 0 aromatic rings. The van der Waals surface area contributed by atoms with Crippen LogP contribution in [0.2, 0.25) is 0 Å². The Morgan fingerprint density at radius 2 is 2.00 bits per heavy atom. The van der Waals surface area contributed by atoms with E-state index in [4.69, 9.17) is 0 Å². The Bertz CT molecular complexity index is 346. The minimum absolute atomic E-state index is 0.202. The second kappa shape index (κ2) is 6.35. The molecule has 0 amide bonds. The minimum Gasteiger partial charge on any atom is -0.317 e. The second-order valence-electron chi connectivity index (χ2n) is 6.23. The molecule has 0 bridgehead atoms. The first kappa shape index (κ1) is 15.9. The highest BCUT2D eigenvalue weighted by atomic mass is 32.2. The highest BCUT2D eigenvalue weighted by Gasteiger charge is 2.36. The molecule has 1 unspecified atom stereocenters. The van der Waals surface area contributed by atoms with Crippen LogP contribution in [0.15, 0.2) is 0 Å². The van der Waals surface area contributed by atoms with Gasteiger partial charge >= 0.3 is 0 Å². The first-order chi connectivity index (χ1) is 8.27. The maximum Gasteiger partial charge on any atom is 0.214 e. The predicted molar refractivity (Wildman–Crippen MR) is 76.1 cm³/mol. The van der Waals surface area contributed by atoms with Crippen molar-refractivity contribution in [1.29, 1.82) is 0 Å². The monoisotopic (exact) mass is 276 g/mol. The van der Waals surface area contributed by atoms with Gasteiger partial charge in [-0.05, 0) is 37.3 Å². The lowest BCUT2D eigenvalue weighted by atomic mass is 9.80. The zero-order valence-corrected chi connectivity index (χ0v) is 13.0. The number of nitrogens with zero attached hydrogens (tertiary/aromatic N) is 1. The zero-order chi connectivity index (χ0) is 13.8. The van der Waals surface area contributed by atoms with E-state index in [1.807, 2.05) is 6.92 Å².